The van der Waals surface area contributed by atoms with Gasteiger partial charge in [0.15, 0.2) is 5.79 Å². The third-order valence-electron chi connectivity index (χ3n) is 8.97. The van der Waals surface area contributed by atoms with Gasteiger partial charge in [-0.2, -0.15) is 0 Å². The van der Waals surface area contributed by atoms with Crippen molar-refractivity contribution in [3.05, 3.63) is 88.7 Å². The lowest BCUT2D eigenvalue weighted by Gasteiger charge is -2.45. The van der Waals surface area contributed by atoms with Crippen molar-refractivity contribution in [2.75, 3.05) is 45.1 Å². The number of nitrogens with two attached hydrogens (primary N) is 1. The lowest BCUT2D eigenvalue weighted by molar-refractivity contribution is -0.215. The summed E-state index contributed by atoms with van der Waals surface area (Å²) in [5.74, 6) is -1.40. The van der Waals surface area contributed by atoms with E-state index in [1.54, 1.807) is 41.3 Å². The van der Waals surface area contributed by atoms with E-state index in [1.807, 2.05) is 0 Å². The predicted molar refractivity (Wildman–Crippen MR) is 161 cm³/mol. The number of rotatable bonds is 6. The van der Waals surface area contributed by atoms with Gasteiger partial charge in [-0.3, -0.25) is 4.79 Å². The van der Waals surface area contributed by atoms with Crippen LogP contribution in [-0.4, -0.2) is 69.6 Å². The first-order valence-electron chi connectivity index (χ1n) is 14.6. The lowest BCUT2D eigenvalue weighted by atomic mass is 9.83. The van der Waals surface area contributed by atoms with Crippen LogP contribution in [0.1, 0.15) is 41.6 Å². The van der Waals surface area contributed by atoms with Crippen LogP contribution in [0, 0.1) is 11.7 Å². The molecular weight excluding hydrogens is 593 g/mol. The number of likely N-dealkylation sites (tertiary alicyclic amines) is 2. The number of carbonyl (C=O) groups is 1. The smallest absolute Gasteiger partial charge is 0.255 e. The Bertz CT molecular complexity index is 1580. The van der Waals surface area contributed by atoms with Crippen molar-refractivity contribution >= 4 is 33.0 Å². The van der Waals surface area contributed by atoms with Gasteiger partial charge in [0, 0.05) is 41.3 Å². The number of sulfone groups is 1. The van der Waals surface area contributed by atoms with Crippen LogP contribution in [0.4, 0.5) is 10.1 Å². The average molecular weight is 628 g/mol. The molecule has 3 fully saturated rings. The summed E-state index contributed by atoms with van der Waals surface area (Å²) in [7, 11) is -3.71. The second-order valence-electron chi connectivity index (χ2n) is 11.4. The van der Waals surface area contributed by atoms with E-state index >= 15 is 0 Å². The van der Waals surface area contributed by atoms with E-state index in [9.17, 15) is 17.6 Å². The molecule has 0 spiro atoms. The molecule has 6 rings (SSSR count). The minimum Gasteiger partial charge on any atom is -0.398 e. The van der Waals surface area contributed by atoms with Crippen molar-refractivity contribution < 1.29 is 27.1 Å². The number of carbonyl (C=O) groups excluding carboxylic acids is 1. The molecule has 0 unspecified atom stereocenters. The molecular formula is C32H35ClFN3O5S. The van der Waals surface area contributed by atoms with Gasteiger partial charge in [0.2, 0.25) is 9.84 Å². The molecule has 3 saturated heterocycles. The summed E-state index contributed by atoms with van der Waals surface area (Å²) in [6, 6.07) is 17.4. The fourth-order valence-electron chi connectivity index (χ4n) is 6.68. The summed E-state index contributed by atoms with van der Waals surface area (Å²) in [4.78, 5) is 17.6. The molecule has 0 aliphatic carbocycles. The van der Waals surface area contributed by atoms with Crippen LogP contribution in [0.2, 0.25) is 5.02 Å². The molecule has 228 valence electrons. The number of amides is 1. The number of piperidine rings is 2. The third kappa shape index (κ3) is 5.91. The largest absolute Gasteiger partial charge is 0.398 e. The highest BCUT2D eigenvalue weighted by Gasteiger charge is 2.47. The Morgan fingerprint density at radius 1 is 0.884 bits per heavy atom. The molecule has 3 aliphatic rings. The van der Waals surface area contributed by atoms with E-state index < -0.39 is 21.4 Å². The Balaban J connectivity index is 1.09. The first-order valence-corrected chi connectivity index (χ1v) is 16.5. The van der Waals surface area contributed by atoms with Gasteiger partial charge >= 0.3 is 0 Å². The second-order valence-corrected chi connectivity index (χ2v) is 13.8. The normalized spacial score (nSPS) is 20.4. The number of nitrogen functional groups attached to an aromatic ring is 1. The third-order valence-corrected chi connectivity index (χ3v) is 11.0. The summed E-state index contributed by atoms with van der Waals surface area (Å²) in [5.41, 5.74) is 7.23. The highest BCUT2D eigenvalue weighted by atomic mass is 35.5. The van der Waals surface area contributed by atoms with E-state index in [1.165, 1.54) is 30.3 Å². The number of nitrogens with zero attached hydrogens (tertiary/aromatic N) is 2. The monoisotopic (exact) mass is 627 g/mol. The van der Waals surface area contributed by atoms with E-state index in [0.29, 0.717) is 42.9 Å². The topological polar surface area (TPSA) is 102 Å². The Morgan fingerprint density at radius 2 is 1.56 bits per heavy atom. The minimum absolute atomic E-state index is 0.116. The van der Waals surface area contributed by atoms with E-state index in [4.69, 9.17) is 26.8 Å². The van der Waals surface area contributed by atoms with Crippen molar-refractivity contribution in [3.63, 3.8) is 0 Å². The highest BCUT2D eigenvalue weighted by molar-refractivity contribution is 7.91. The zero-order valence-electron chi connectivity index (χ0n) is 23.8. The summed E-state index contributed by atoms with van der Waals surface area (Å²) in [6.07, 6.45) is 3.46. The molecule has 11 heteroatoms. The van der Waals surface area contributed by atoms with Crippen molar-refractivity contribution in [2.45, 2.75) is 47.3 Å². The summed E-state index contributed by atoms with van der Waals surface area (Å²) in [6.45, 7) is 3.97. The van der Waals surface area contributed by atoms with Gasteiger partial charge in [0.1, 0.15) is 5.82 Å². The second kappa shape index (κ2) is 12.2. The zero-order chi connectivity index (χ0) is 30.2. The molecule has 0 atom stereocenters. The van der Waals surface area contributed by atoms with Gasteiger partial charge in [-0.15, -0.1) is 0 Å². The van der Waals surface area contributed by atoms with Crippen molar-refractivity contribution in [2.24, 2.45) is 5.92 Å². The molecule has 0 bridgehead atoms. The summed E-state index contributed by atoms with van der Waals surface area (Å²) in [5, 5.41) is 0.366. The van der Waals surface area contributed by atoms with Crippen LogP contribution in [-0.2, 0) is 25.1 Å². The molecule has 0 saturated carbocycles. The lowest BCUT2D eigenvalue weighted by Crippen LogP contribution is -2.51. The first-order chi connectivity index (χ1) is 20.7. The van der Waals surface area contributed by atoms with Crippen molar-refractivity contribution in [3.8, 4) is 0 Å². The fraction of sp³-hybridized carbons (Fsp3) is 0.406. The first kappa shape index (κ1) is 30.0. The predicted octanol–water partition coefficient (Wildman–Crippen LogP) is 5.11. The molecule has 8 nitrogen and oxygen atoms in total. The Hall–Kier alpha value is -3.02. The number of hydrogen-bond donors (Lipinski definition) is 1. The Morgan fingerprint density at radius 3 is 2.19 bits per heavy atom. The summed E-state index contributed by atoms with van der Waals surface area (Å²) < 4.78 is 52.4. The van der Waals surface area contributed by atoms with E-state index in [-0.39, 0.29) is 27.3 Å². The molecule has 43 heavy (non-hydrogen) atoms. The SMILES string of the molecule is Nc1cc(F)ccc1C(=O)N1CCC(N2CCC(C3(c4ccc(S(=O)(=O)c5cccc(Cl)c5)cc4)OCCO3)CC2)CC1. The number of anilines is 1. The van der Waals surface area contributed by atoms with Gasteiger partial charge in [0.25, 0.3) is 5.91 Å². The maximum absolute atomic E-state index is 13.4. The molecule has 3 aromatic carbocycles. The number of ether oxygens (including phenoxy) is 2. The zero-order valence-corrected chi connectivity index (χ0v) is 25.3. The fourth-order valence-corrected chi connectivity index (χ4v) is 8.24. The molecule has 3 aromatic rings. The average Bonchev–Trinajstić information content (AvgIpc) is 3.52. The minimum atomic E-state index is -3.71. The van der Waals surface area contributed by atoms with Crippen LogP contribution < -0.4 is 5.73 Å². The van der Waals surface area contributed by atoms with Crippen LogP contribution >= 0.6 is 11.6 Å². The number of halogens is 2. The van der Waals surface area contributed by atoms with E-state index in [0.717, 1.165) is 44.3 Å². The van der Waals surface area contributed by atoms with Crippen LogP contribution in [0.5, 0.6) is 0 Å². The molecule has 3 heterocycles. The number of benzene rings is 3. The molecule has 3 aliphatic heterocycles. The molecule has 2 N–H and O–H groups in total. The van der Waals surface area contributed by atoms with Crippen LogP contribution in [0.3, 0.4) is 0 Å². The van der Waals surface area contributed by atoms with Gasteiger partial charge in [0.05, 0.1) is 28.6 Å². The standard InChI is InChI=1S/C32H35ClFN3O5S/c33-24-2-1-3-28(20-24)43(39,40)27-7-4-22(5-8-27)32(41-18-19-42-32)23-10-14-36(15-11-23)26-12-16-37(17-13-26)31(38)29-9-6-25(34)21-30(29)35/h1-9,20-21,23,26H,10-19,35H2. The van der Waals surface area contributed by atoms with Crippen LogP contribution in [0.25, 0.3) is 0 Å². The van der Waals surface area contributed by atoms with Crippen LogP contribution in [0.15, 0.2) is 76.5 Å². The van der Waals surface area contributed by atoms with Crippen molar-refractivity contribution in [1.29, 1.82) is 0 Å². The summed E-state index contributed by atoms with van der Waals surface area (Å²) >= 11 is 6.03. The van der Waals surface area contributed by atoms with Gasteiger partial charge < -0.3 is 25.0 Å². The number of hydrogen-bond acceptors (Lipinski definition) is 7. The molecule has 1 amide bonds. The Labute approximate surface area is 256 Å². The quantitative estimate of drug-likeness (QED) is 0.379. The molecule has 0 aromatic heterocycles. The van der Waals surface area contributed by atoms with Gasteiger partial charge in [-0.1, -0.05) is 29.8 Å². The highest BCUT2D eigenvalue weighted by Crippen LogP contribution is 2.44. The van der Waals surface area contributed by atoms with Gasteiger partial charge in [-0.25, -0.2) is 12.8 Å². The Kier molecular flexibility index (Phi) is 8.50. The maximum Gasteiger partial charge on any atom is 0.255 e. The van der Waals surface area contributed by atoms with E-state index in [2.05, 4.69) is 4.90 Å². The molecule has 0 radical (unpaired) electrons. The maximum atomic E-state index is 13.4. The van der Waals surface area contributed by atoms with Gasteiger partial charge in [-0.05, 0) is 87.3 Å². The van der Waals surface area contributed by atoms with Crippen molar-refractivity contribution in [1.82, 2.24) is 9.80 Å².